The lowest BCUT2D eigenvalue weighted by Crippen LogP contribution is -2.52. The molecule has 24 heavy (non-hydrogen) atoms. The highest BCUT2D eigenvalue weighted by atomic mass is 79.9. The summed E-state index contributed by atoms with van der Waals surface area (Å²) < 4.78 is 0.938. The van der Waals surface area contributed by atoms with Crippen LogP contribution in [-0.2, 0) is 0 Å². The minimum atomic E-state index is 0.0140. The number of hydrogen-bond donors (Lipinski definition) is 1. The number of nitrogens with zero attached hydrogens (tertiary/aromatic N) is 2. The van der Waals surface area contributed by atoms with Crippen molar-refractivity contribution in [3.05, 3.63) is 28.2 Å². The summed E-state index contributed by atoms with van der Waals surface area (Å²) in [6, 6.07) is 6.76. The molecule has 0 atom stereocenters. The highest BCUT2D eigenvalue weighted by molar-refractivity contribution is 9.10. The standard InChI is InChI=1S/C19H28BrN3O/c1-15-8-9-18(17(20)14-15)21-19(24)23-12-10-22(11-13-23)16-6-4-2-3-5-7-16/h8-9,14,16H,2-7,10-13H2,1H3,(H,21,24). The lowest BCUT2D eigenvalue weighted by atomic mass is 10.1. The normalized spacial score (nSPS) is 20.7. The minimum Gasteiger partial charge on any atom is -0.322 e. The van der Waals surface area contributed by atoms with Crippen molar-refractivity contribution in [2.24, 2.45) is 0 Å². The predicted octanol–water partition coefficient (Wildman–Crippen LogP) is 4.63. The molecule has 3 rings (SSSR count). The topological polar surface area (TPSA) is 35.6 Å². The number of carbonyl (C=O) groups excluding carboxylic acids is 1. The average molecular weight is 394 g/mol. The van der Waals surface area contributed by atoms with Crippen molar-refractivity contribution < 1.29 is 4.79 Å². The van der Waals surface area contributed by atoms with Crippen molar-refractivity contribution in [1.29, 1.82) is 0 Å². The van der Waals surface area contributed by atoms with Crippen LogP contribution >= 0.6 is 15.9 Å². The molecule has 1 N–H and O–H groups in total. The van der Waals surface area contributed by atoms with Gasteiger partial charge in [-0.15, -0.1) is 0 Å². The largest absolute Gasteiger partial charge is 0.322 e. The first-order valence-corrected chi connectivity index (χ1v) is 9.99. The zero-order valence-corrected chi connectivity index (χ0v) is 16.1. The Balaban J connectivity index is 1.51. The molecule has 132 valence electrons. The smallest absolute Gasteiger partial charge is 0.321 e. The highest BCUT2D eigenvalue weighted by Crippen LogP contribution is 2.25. The summed E-state index contributed by atoms with van der Waals surface area (Å²) in [5.74, 6) is 0. The molecule has 1 saturated heterocycles. The summed E-state index contributed by atoms with van der Waals surface area (Å²) in [5, 5.41) is 3.03. The van der Waals surface area contributed by atoms with Gasteiger partial charge < -0.3 is 10.2 Å². The van der Waals surface area contributed by atoms with Gasteiger partial charge in [-0.3, -0.25) is 4.90 Å². The Morgan fingerprint density at radius 3 is 2.38 bits per heavy atom. The second kappa shape index (κ2) is 8.34. The molecule has 0 spiro atoms. The molecule has 1 aromatic rings. The monoisotopic (exact) mass is 393 g/mol. The molecule has 5 heteroatoms. The molecule has 2 aliphatic rings. The van der Waals surface area contributed by atoms with Gasteiger partial charge in [0.25, 0.3) is 0 Å². The number of benzene rings is 1. The zero-order chi connectivity index (χ0) is 16.9. The third-order valence-electron chi connectivity index (χ3n) is 5.31. The number of urea groups is 1. The fourth-order valence-corrected chi connectivity index (χ4v) is 4.42. The first-order chi connectivity index (χ1) is 11.6. The van der Waals surface area contributed by atoms with Gasteiger partial charge in [0.1, 0.15) is 0 Å². The summed E-state index contributed by atoms with van der Waals surface area (Å²) in [7, 11) is 0. The molecule has 2 amide bonds. The molecular weight excluding hydrogens is 366 g/mol. The number of nitrogens with one attached hydrogen (secondary N) is 1. The van der Waals surface area contributed by atoms with Gasteiger partial charge in [-0.25, -0.2) is 4.79 Å². The molecule has 0 radical (unpaired) electrons. The number of hydrogen-bond acceptors (Lipinski definition) is 2. The molecule has 1 heterocycles. The lowest BCUT2D eigenvalue weighted by Gasteiger charge is -2.39. The Morgan fingerprint density at radius 2 is 1.75 bits per heavy atom. The van der Waals surface area contributed by atoms with E-state index in [2.05, 4.69) is 26.1 Å². The number of carbonyl (C=O) groups is 1. The second-order valence-electron chi connectivity index (χ2n) is 7.08. The maximum atomic E-state index is 12.5. The number of amides is 2. The van der Waals surface area contributed by atoms with Gasteiger partial charge >= 0.3 is 6.03 Å². The van der Waals surface area contributed by atoms with E-state index in [0.717, 1.165) is 42.4 Å². The zero-order valence-electron chi connectivity index (χ0n) is 14.6. The van der Waals surface area contributed by atoms with E-state index in [1.165, 1.54) is 44.1 Å². The van der Waals surface area contributed by atoms with Crippen molar-refractivity contribution in [2.75, 3.05) is 31.5 Å². The van der Waals surface area contributed by atoms with E-state index in [-0.39, 0.29) is 6.03 Å². The van der Waals surface area contributed by atoms with Crippen LogP contribution in [0.5, 0.6) is 0 Å². The summed E-state index contributed by atoms with van der Waals surface area (Å²) in [5.41, 5.74) is 2.02. The summed E-state index contributed by atoms with van der Waals surface area (Å²) in [6.45, 7) is 5.71. The van der Waals surface area contributed by atoms with Crippen LogP contribution in [0.4, 0.5) is 10.5 Å². The summed E-state index contributed by atoms with van der Waals surface area (Å²) >= 11 is 3.53. The maximum absolute atomic E-state index is 12.5. The Morgan fingerprint density at radius 1 is 1.08 bits per heavy atom. The number of aryl methyl sites for hydroxylation is 1. The van der Waals surface area contributed by atoms with Crippen LogP contribution in [-0.4, -0.2) is 48.1 Å². The number of piperazine rings is 1. The Hall–Kier alpha value is -1.07. The third kappa shape index (κ3) is 4.51. The van der Waals surface area contributed by atoms with Crippen molar-refractivity contribution in [3.8, 4) is 0 Å². The first kappa shape index (κ1) is 17.7. The van der Waals surface area contributed by atoms with Gasteiger partial charge in [0, 0.05) is 36.7 Å². The molecule has 4 nitrogen and oxygen atoms in total. The fourth-order valence-electron chi connectivity index (χ4n) is 3.83. The van der Waals surface area contributed by atoms with E-state index >= 15 is 0 Å². The second-order valence-corrected chi connectivity index (χ2v) is 7.94. The molecule has 1 aliphatic heterocycles. The SMILES string of the molecule is Cc1ccc(NC(=O)N2CCN(C3CCCCCC3)CC2)c(Br)c1. The predicted molar refractivity (Wildman–Crippen MR) is 103 cm³/mol. The van der Waals surface area contributed by atoms with Crippen molar-refractivity contribution in [2.45, 2.75) is 51.5 Å². The molecule has 1 saturated carbocycles. The number of halogens is 1. The third-order valence-corrected chi connectivity index (χ3v) is 5.96. The van der Waals surface area contributed by atoms with Crippen LogP contribution in [0.1, 0.15) is 44.1 Å². The molecule has 1 aliphatic carbocycles. The van der Waals surface area contributed by atoms with Gasteiger partial charge in [0.15, 0.2) is 0 Å². The van der Waals surface area contributed by atoms with E-state index < -0.39 is 0 Å². The van der Waals surface area contributed by atoms with Crippen molar-refractivity contribution >= 4 is 27.6 Å². The number of anilines is 1. The van der Waals surface area contributed by atoms with Gasteiger partial charge in [0.2, 0.25) is 0 Å². The van der Waals surface area contributed by atoms with E-state index in [9.17, 15) is 4.79 Å². The van der Waals surface area contributed by atoms with Crippen LogP contribution in [0.2, 0.25) is 0 Å². The molecule has 1 aromatic carbocycles. The molecule has 0 unspecified atom stereocenters. The van der Waals surface area contributed by atoms with E-state index in [4.69, 9.17) is 0 Å². The molecular formula is C19H28BrN3O. The Labute approximate surface area is 153 Å². The summed E-state index contributed by atoms with van der Waals surface area (Å²) in [4.78, 5) is 17.1. The fraction of sp³-hybridized carbons (Fsp3) is 0.632. The number of rotatable bonds is 2. The van der Waals surface area contributed by atoms with Crippen LogP contribution in [0.15, 0.2) is 22.7 Å². The maximum Gasteiger partial charge on any atom is 0.321 e. The van der Waals surface area contributed by atoms with E-state index in [1.807, 2.05) is 30.0 Å². The van der Waals surface area contributed by atoms with E-state index in [0.29, 0.717) is 0 Å². The van der Waals surface area contributed by atoms with Gasteiger partial charge in [-0.2, -0.15) is 0 Å². The summed E-state index contributed by atoms with van der Waals surface area (Å²) in [6.07, 6.45) is 8.19. The Bertz CT molecular complexity index is 562. The molecule has 2 fully saturated rings. The highest BCUT2D eigenvalue weighted by Gasteiger charge is 2.26. The van der Waals surface area contributed by atoms with Gasteiger partial charge in [0.05, 0.1) is 5.69 Å². The quantitative estimate of drug-likeness (QED) is 0.743. The van der Waals surface area contributed by atoms with Crippen molar-refractivity contribution in [3.63, 3.8) is 0 Å². The van der Waals surface area contributed by atoms with Crippen LogP contribution < -0.4 is 5.32 Å². The average Bonchev–Trinajstić information content (AvgIpc) is 2.87. The van der Waals surface area contributed by atoms with Crippen LogP contribution in [0.3, 0.4) is 0 Å². The van der Waals surface area contributed by atoms with Gasteiger partial charge in [-0.1, -0.05) is 31.7 Å². The van der Waals surface area contributed by atoms with Crippen LogP contribution in [0.25, 0.3) is 0 Å². The Kier molecular flexibility index (Phi) is 6.17. The van der Waals surface area contributed by atoms with Crippen molar-refractivity contribution in [1.82, 2.24) is 9.80 Å². The molecule has 0 aromatic heterocycles. The molecule has 0 bridgehead atoms. The van der Waals surface area contributed by atoms with Gasteiger partial charge in [-0.05, 0) is 53.4 Å². The van der Waals surface area contributed by atoms with Crippen LogP contribution in [0, 0.1) is 6.92 Å². The van der Waals surface area contributed by atoms with E-state index in [1.54, 1.807) is 0 Å². The first-order valence-electron chi connectivity index (χ1n) is 9.19. The lowest BCUT2D eigenvalue weighted by molar-refractivity contribution is 0.105. The minimum absolute atomic E-state index is 0.0140.